The molecule has 1 amide bonds. The van der Waals surface area contributed by atoms with Gasteiger partial charge < -0.3 is 15.4 Å². The van der Waals surface area contributed by atoms with Gasteiger partial charge in [-0.2, -0.15) is 0 Å². The van der Waals surface area contributed by atoms with Crippen LogP contribution in [0.4, 0.5) is 5.69 Å². The van der Waals surface area contributed by atoms with E-state index in [1.165, 1.54) is 0 Å². The maximum Gasteiger partial charge on any atom is 0.225 e. The molecule has 0 saturated carbocycles. The van der Waals surface area contributed by atoms with Gasteiger partial charge in [0.1, 0.15) is 0 Å². The summed E-state index contributed by atoms with van der Waals surface area (Å²) in [5.74, 6) is 0.0366. The zero-order valence-corrected chi connectivity index (χ0v) is 13.5. The largest absolute Gasteiger partial charge is 0.377 e. The van der Waals surface area contributed by atoms with E-state index in [1.54, 1.807) is 0 Å². The lowest BCUT2D eigenvalue weighted by molar-refractivity contribution is -0.116. The number of benzene rings is 1. The van der Waals surface area contributed by atoms with Crippen LogP contribution >= 0.6 is 15.9 Å². The first-order valence-corrected chi connectivity index (χ1v) is 7.76. The summed E-state index contributed by atoms with van der Waals surface area (Å²) < 4.78 is 6.50. The van der Waals surface area contributed by atoms with E-state index in [-0.39, 0.29) is 12.0 Å². The third-order valence-corrected chi connectivity index (χ3v) is 4.09. The van der Waals surface area contributed by atoms with E-state index in [0.717, 1.165) is 28.8 Å². The Morgan fingerprint density at radius 1 is 1.50 bits per heavy atom. The molecule has 110 valence electrons. The van der Waals surface area contributed by atoms with Gasteiger partial charge in [0.15, 0.2) is 0 Å². The number of rotatable bonds is 5. The van der Waals surface area contributed by atoms with Gasteiger partial charge in [0, 0.05) is 35.8 Å². The van der Waals surface area contributed by atoms with Crippen LogP contribution in [0.1, 0.15) is 25.3 Å². The first-order valence-electron chi connectivity index (χ1n) is 6.97. The highest BCUT2D eigenvalue weighted by Gasteiger charge is 2.23. The molecular weight excluding hydrogens is 320 g/mol. The van der Waals surface area contributed by atoms with Gasteiger partial charge in [0.2, 0.25) is 5.91 Å². The van der Waals surface area contributed by atoms with Crippen molar-refractivity contribution >= 4 is 27.5 Å². The number of nitrogens with one attached hydrogen (secondary N) is 2. The molecule has 1 fully saturated rings. The second-order valence-electron chi connectivity index (χ2n) is 5.18. The number of carbonyl (C=O) groups excluding carboxylic acids is 1. The third kappa shape index (κ3) is 4.30. The first-order chi connectivity index (χ1) is 9.56. The van der Waals surface area contributed by atoms with E-state index in [1.807, 2.05) is 25.1 Å². The van der Waals surface area contributed by atoms with Crippen molar-refractivity contribution in [3.05, 3.63) is 28.2 Å². The Kier molecular flexibility index (Phi) is 5.57. The van der Waals surface area contributed by atoms with E-state index in [0.29, 0.717) is 19.0 Å². The molecule has 1 aliphatic rings. The molecule has 1 aliphatic heterocycles. The van der Waals surface area contributed by atoms with Crippen molar-refractivity contribution in [2.75, 3.05) is 18.5 Å². The third-order valence-electron chi connectivity index (χ3n) is 3.60. The topological polar surface area (TPSA) is 50.4 Å². The van der Waals surface area contributed by atoms with Gasteiger partial charge >= 0.3 is 0 Å². The molecule has 2 atom stereocenters. The molecule has 1 aromatic rings. The average molecular weight is 341 g/mol. The fourth-order valence-electron chi connectivity index (χ4n) is 2.35. The number of ether oxygens (including phenoxy) is 1. The molecule has 1 aromatic carbocycles. The molecule has 0 aliphatic carbocycles. The van der Waals surface area contributed by atoms with Gasteiger partial charge in [-0.25, -0.2) is 0 Å². The molecule has 4 nitrogen and oxygen atoms in total. The summed E-state index contributed by atoms with van der Waals surface area (Å²) in [5, 5.41) is 6.32. The zero-order valence-electron chi connectivity index (χ0n) is 11.9. The summed E-state index contributed by atoms with van der Waals surface area (Å²) in [7, 11) is 0. The minimum Gasteiger partial charge on any atom is -0.377 e. The SMILES string of the molecule is Cc1cc(Br)ccc1NC(=O)CCN[C@H]1CCO[C@@H]1C. The lowest BCUT2D eigenvalue weighted by atomic mass is 10.1. The molecule has 0 spiro atoms. The van der Waals surface area contributed by atoms with E-state index in [2.05, 4.69) is 33.5 Å². The van der Waals surface area contributed by atoms with Crippen molar-refractivity contribution in [1.29, 1.82) is 0 Å². The second-order valence-corrected chi connectivity index (χ2v) is 6.10. The van der Waals surface area contributed by atoms with Crippen LogP contribution in [-0.2, 0) is 9.53 Å². The lowest BCUT2D eigenvalue weighted by Crippen LogP contribution is -2.36. The molecular formula is C15H21BrN2O2. The van der Waals surface area contributed by atoms with Crippen LogP contribution in [0.15, 0.2) is 22.7 Å². The van der Waals surface area contributed by atoms with Crippen LogP contribution in [0.2, 0.25) is 0 Å². The second kappa shape index (κ2) is 7.20. The number of aryl methyl sites for hydroxylation is 1. The molecule has 5 heteroatoms. The Labute approximate surface area is 128 Å². The summed E-state index contributed by atoms with van der Waals surface area (Å²) >= 11 is 3.41. The Morgan fingerprint density at radius 3 is 2.95 bits per heavy atom. The van der Waals surface area contributed by atoms with Gasteiger partial charge in [-0.3, -0.25) is 4.79 Å². The normalized spacial score (nSPS) is 21.9. The molecule has 20 heavy (non-hydrogen) atoms. The van der Waals surface area contributed by atoms with Crippen molar-refractivity contribution in [1.82, 2.24) is 5.32 Å². The summed E-state index contributed by atoms with van der Waals surface area (Å²) in [5.41, 5.74) is 1.93. The van der Waals surface area contributed by atoms with Crippen molar-refractivity contribution in [3.63, 3.8) is 0 Å². The van der Waals surface area contributed by atoms with E-state index in [9.17, 15) is 4.79 Å². The monoisotopic (exact) mass is 340 g/mol. The van der Waals surface area contributed by atoms with Crippen molar-refractivity contribution in [3.8, 4) is 0 Å². The molecule has 1 heterocycles. The van der Waals surface area contributed by atoms with Crippen LogP contribution in [0.5, 0.6) is 0 Å². The number of amides is 1. The maximum absolute atomic E-state index is 11.9. The smallest absolute Gasteiger partial charge is 0.225 e. The first kappa shape index (κ1) is 15.5. The van der Waals surface area contributed by atoms with Gasteiger partial charge in [-0.15, -0.1) is 0 Å². The van der Waals surface area contributed by atoms with Crippen LogP contribution in [0.3, 0.4) is 0 Å². The predicted molar refractivity (Wildman–Crippen MR) is 83.9 cm³/mol. The maximum atomic E-state index is 11.9. The number of hydrogen-bond acceptors (Lipinski definition) is 3. The van der Waals surface area contributed by atoms with Crippen molar-refractivity contribution in [2.45, 2.75) is 38.8 Å². The van der Waals surface area contributed by atoms with Crippen LogP contribution in [-0.4, -0.2) is 31.2 Å². The number of anilines is 1. The molecule has 0 bridgehead atoms. The summed E-state index contributed by atoms with van der Waals surface area (Å²) in [6.45, 7) is 5.54. The van der Waals surface area contributed by atoms with Gasteiger partial charge in [-0.05, 0) is 44.0 Å². The fraction of sp³-hybridized carbons (Fsp3) is 0.533. The Morgan fingerprint density at radius 2 is 2.30 bits per heavy atom. The fourth-order valence-corrected chi connectivity index (χ4v) is 2.83. The molecule has 2 rings (SSSR count). The summed E-state index contributed by atoms with van der Waals surface area (Å²) in [4.78, 5) is 11.9. The Bertz CT molecular complexity index is 479. The predicted octanol–water partition coefficient (Wildman–Crippen LogP) is 2.85. The quantitative estimate of drug-likeness (QED) is 0.866. The van der Waals surface area contributed by atoms with Crippen molar-refractivity contribution in [2.24, 2.45) is 0 Å². The van der Waals surface area contributed by atoms with E-state index in [4.69, 9.17) is 4.74 Å². The Balaban J connectivity index is 1.75. The van der Waals surface area contributed by atoms with Gasteiger partial charge in [-0.1, -0.05) is 15.9 Å². The highest BCUT2D eigenvalue weighted by molar-refractivity contribution is 9.10. The minimum absolute atomic E-state index is 0.0366. The number of hydrogen-bond donors (Lipinski definition) is 2. The Hall–Kier alpha value is -0.910. The molecule has 0 radical (unpaired) electrons. The molecule has 1 saturated heterocycles. The highest BCUT2D eigenvalue weighted by Crippen LogP contribution is 2.20. The van der Waals surface area contributed by atoms with Crippen LogP contribution in [0, 0.1) is 6.92 Å². The summed E-state index contributed by atoms with van der Waals surface area (Å²) in [6, 6.07) is 6.21. The van der Waals surface area contributed by atoms with E-state index < -0.39 is 0 Å². The minimum atomic E-state index is 0.0366. The van der Waals surface area contributed by atoms with Crippen LogP contribution < -0.4 is 10.6 Å². The standard InChI is InChI=1S/C15H21BrN2O2/c1-10-9-12(16)3-4-13(10)18-15(19)5-7-17-14-6-8-20-11(14)2/h3-4,9,11,14,17H,5-8H2,1-2H3,(H,18,19)/t11-,14+/m1/s1. The molecule has 0 aromatic heterocycles. The summed E-state index contributed by atoms with van der Waals surface area (Å²) in [6.07, 6.45) is 1.74. The highest BCUT2D eigenvalue weighted by atomic mass is 79.9. The number of halogens is 1. The molecule has 0 unspecified atom stereocenters. The van der Waals surface area contributed by atoms with Crippen molar-refractivity contribution < 1.29 is 9.53 Å². The zero-order chi connectivity index (χ0) is 14.5. The molecule has 2 N–H and O–H groups in total. The van der Waals surface area contributed by atoms with Crippen LogP contribution in [0.25, 0.3) is 0 Å². The van der Waals surface area contributed by atoms with Gasteiger partial charge in [0.05, 0.1) is 6.10 Å². The van der Waals surface area contributed by atoms with E-state index >= 15 is 0 Å². The number of carbonyl (C=O) groups is 1. The lowest BCUT2D eigenvalue weighted by Gasteiger charge is -2.16. The average Bonchev–Trinajstić information content (AvgIpc) is 2.79. The van der Waals surface area contributed by atoms with Gasteiger partial charge in [0.25, 0.3) is 0 Å².